The minimum absolute atomic E-state index is 0.00703. The highest BCUT2D eigenvalue weighted by atomic mass is 35.5. The van der Waals surface area contributed by atoms with Crippen LogP contribution in [0.4, 0.5) is 5.82 Å². The third kappa shape index (κ3) is 2.96. The summed E-state index contributed by atoms with van der Waals surface area (Å²) in [4.78, 5) is 16.9. The van der Waals surface area contributed by atoms with Crippen LogP contribution in [-0.2, 0) is 6.54 Å². The van der Waals surface area contributed by atoms with Crippen molar-refractivity contribution in [3.05, 3.63) is 35.5 Å². The summed E-state index contributed by atoms with van der Waals surface area (Å²) in [7, 11) is 0. The maximum atomic E-state index is 8.16. The molecule has 0 radical (unpaired) electrons. The first-order chi connectivity index (χ1) is 11.1. The second-order valence-corrected chi connectivity index (χ2v) is 5.19. The van der Waals surface area contributed by atoms with Gasteiger partial charge in [-0.2, -0.15) is 15.1 Å². The molecule has 0 aromatic carbocycles. The SMILES string of the molecule is Cc1nccnc1C(=N)N=C1[NH2+]C(N)=Nc2c1cnn2CCCl. The number of fused-ring (bicyclic) bond motifs is 1. The van der Waals surface area contributed by atoms with Crippen molar-refractivity contribution in [1.82, 2.24) is 19.7 Å². The predicted octanol–water partition coefficient (Wildman–Crippen LogP) is -0.484. The lowest BCUT2D eigenvalue weighted by Gasteiger charge is -2.10. The van der Waals surface area contributed by atoms with Crippen molar-refractivity contribution in [2.75, 3.05) is 5.88 Å². The Balaban J connectivity index is 2.00. The molecule has 0 atom stereocenters. The van der Waals surface area contributed by atoms with Crippen LogP contribution in [0.3, 0.4) is 0 Å². The first kappa shape index (κ1) is 15.3. The Kier molecular flexibility index (Phi) is 4.13. The molecule has 3 heterocycles. The number of aryl methyl sites for hydroxylation is 2. The quantitative estimate of drug-likeness (QED) is 0.397. The number of nitrogens with zero attached hydrogens (tertiary/aromatic N) is 6. The summed E-state index contributed by atoms with van der Waals surface area (Å²) in [6, 6.07) is 0. The fourth-order valence-electron chi connectivity index (χ4n) is 2.20. The van der Waals surface area contributed by atoms with Crippen LogP contribution < -0.4 is 11.1 Å². The molecule has 1 aliphatic heterocycles. The summed E-state index contributed by atoms with van der Waals surface area (Å²) in [5.74, 6) is 1.83. The Morgan fingerprint density at radius 3 is 2.96 bits per heavy atom. The number of amidine groups is 2. The van der Waals surface area contributed by atoms with Crippen LogP contribution in [0, 0.1) is 12.3 Å². The topological polar surface area (TPSA) is 135 Å². The lowest BCUT2D eigenvalue weighted by Crippen LogP contribution is -2.95. The van der Waals surface area contributed by atoms with Gasteiger partial charge >= 0.3 is 5.96 Å². The van der Waals surface area contributed by atoms with Crippen LogP contribution in [0.25, 0.3) is 0 Å². The highest BCUT2D eigenvalue weighted by molar-refractivity contribution is 6.17. The number of aromatic nitrogens is 4. The van der Waals surface area contributed by atoms with Crippen molar-refractivity contribution in [2.45, 2.75) is 13.5 Å². The van der Waals surface area contributed by atoms with Gasteiger partial charge in [0.05, 0.1) is 18.4 Å². The number of alkyl halides is 1. The van der Waals surface area contributed by atoms with E-state index in [0.29, 0.717) is 47.0 Å². The number of quaternary nitrogens is 1. The fraction of sp³-hybridized carbons (Fsp3) is 0.231. The molecule has 0 fully saturated rings. The molecule has 9 nitrogen and oxygen atoms in total. The van der Waals surface area contributed by atoms with E-state index in [1.54, 1.807) is 29.3 Å². The average molecular weight is 333 g/mol. The average Bonchev–Trinajstić information content (AvgIpc) is 2.91. The van der Waals surface area contributed by atoms with Crippen LogP contribution in [0.15, 0.2) is 28.6 Å². The van der Waals surface area contributed by atoms with Crippen LogP contribution in [0.5, 0.6) is 0 Å². The largest absolute Gasteiger partial charge is 0.337 e. The maximum absolute atomic E-state index is 8.16. The van der Waals surface area contributed by atoms with Crippen LogP contribution in [0.1, 0.15) is 17.0 Å². The predicted molar refractivity (Wildman–Crippen MR) is 86.3 cm³/mol. The smallest absolute Gasteiger partial charge is 0.304 e. The van der Waals surface area contributed by atoms with Crippen LogP contribution in [-0.4, -0.2) is 43.3 Å². The Labute approximate surface area is 136 Å². The van der Waals surface area contributed by atoms with E-state index in [2.05, 4.69) is 25.1 Å². The van der Waals surface area contributed by atoms with Crippen molar-refractivity contribution in [1.29, 1.82) is 5.41 Å². The number of hydrogen-bond acceptors (Lipinski definition) is 6. The van der Waals surface area contributed by atoms with Gasteiger partial charge in [-0.15, -0.1) is 11.6 Å². The highest BCUT2D eigenvalue weighted by Gasteiger charge is 2.26. The molecule has 5 N–H and O–H groups in total. The van der Waals surface area contributed by atoms with E-state index in [1.165, 1.54) is 6.20 Å². The zero-order valence-corrected chi connectivity index (χ0v) is 13.1. The van der Waals surface area contributed by atoms with Crippen molar-refractivity contribution < 1.29 is 5.32 Å². The second kappa shape index (κ2) is 6.23. The number of nitrogens with two attached hydrogens (primary N) is 2. The van der Waals surface area contributed by atoms with Crippen molar-refractivity contribution in [3.63, 3.8) is 0 Å². The minimum atomic E-state index is 0.00703. The van der Waals surface area contributed by atoms with Gasteiger partial charge in [-0.1, -0.05) is 0 Å². The van der Waals surface area contributed by atoms with E-state index in [9.17, 15) is 0 Å². The second-order valence-electron chi connectivity index (χ2n) is 4.81. The Hall–Kier alpha value is -2.65. The minimum Gasteiger partial charge on any atom is -0.337 e. The Morgan fingerprint density at radius 2 is 2.22 bits per heavy atom. The Morgan fingerprint density at radius 1 is 1.43 bits per heavy atom. The summed E-state index contributed by atoms with van der Waals surface area (Å²) >= 11 is 5.76. The van der Waals surface area contributed by atoms with Crippen molar-refractivity contribution >= 4 is 35.0 Å². The van der Waals surface area contributed by atoms with Crippen molar-refractivity contribution in [2.24, 2.45) is 15.7 Å². The number of aliphatic imine (C=N–C) groups is 2. The van der Waals surface area contributed by atoms with E-state index < -0.39 is 0 Å². The lowest BCUT2D eigenvalue weighted by atomic mass is 10.2. The number of halogens is 1. The van der Waals surface area contributed by atoms with Gasteiger partial charge in [-0.25, -0.2) is 15.0 Å². The zero-order chi connectivity index (χ0) is 16.4. The van der Waals surface area contributed by atoms with Gasteiger partial charge in [0.25, 0.3) is 0 Å². The molecule has 2 aromatic rings. The summed E-state index contributed by atoms with van der Waals surface area (Å²) in [5, 5.41) is 14.0. The standard InChI is InChI=1S/C13H14ClN9/c1-7-9(18-4-3-17-7)10(15)20-11-8-6-19-23(5-2-14)12(8)22-13(16)21-11/h3-4,6H,2,5H2,1H3,(H4,15,16,20,21,22)/p+1. The lowest BCUT2D eigenvalue weighted by molar-refractivity contribution is -0.409. The summed E-state index contributed by atoms with van der Waals surface area (Å²) < 4.78 is 1.66. The van der Waals surface area contributed by atoms with Gasteiger partial charge in [-0.3, -0.25) is 10.4 Å². The van der Waals surface area contributed by atoms with Crippen LogP contribution in [0.2, 0.25) is 0 Å². The van der Waals surface area contributed by atoms with Gasteiger partial charge < -0.3 is 5.73 Å². The van der Waals surface area contributed by atoms with E-state index >= 15 is 0 Å². The van der Waals surface area contributed by atoms with Gasteiger partial charge in [0.2, 0.25) is 5.84 Å². The molecule has 3 rings (SSSR count). The molecule has 0 saturated heterocycles. The van der Waals surface area contributed by atoms with Gasteiger partial charge in [0, 0.05) is 18.3 Å². The van der Waals surface area contributed by atoms with Gasteiger partial charge in [0.1, 0.15) is 11.3 Å². The van der Waals surface area contributed by atoms with Crippen LogP contribution >= 0.6 is 11.6 Å². The number of guanidine groups is 1. The molecule has 1 aliphatic rings. The van der Waals surface area contributed by atoms with Gasteiger partial charge in [-0.05, 0) is 6.92 Å². The van der Waals surface area contributed by atoms with E-state index in [-0.39, 0.29) is 5.84 Å². The molecule has 0 unspecified atom stereocenters. The zero-order valence-electron chi connectivity index (χ0n) is 12.4. The summed E-state index contributed by atoms with van der Waals surface area (Å²) in [6.07, 6.45) is 4.75. The summed E-state index contributed by atoms with van der Waals surface area (Å²) in [5.41, 5.74) is 7.61. The molecular weight excluding hydrogens is 318 g/mol. The third-order valence-electron chi connectivity index (χ3n) is 3.24. The van der Waals surface area contributed by atoms with E-state index in [4.69, 9.17) is 22.7 Å². The van der Waals surface area contributed by atoms with E-state index in [1.807, 2.05) is 0 Å². The van der Waals surface area contributed by atoms with Crippen molar-refractivity contribution in [3.8, 4) is 0 Å². The molecule has 0 amide bonds. The molecule has 0 spiro atoms. The molecular formula is C13H15ClN9+. The molecule has 23 heavy (non-hydrogen) atoms. The monoisotopic (exact) mass is 332 g/mol. The molecule has 10 heteroatoms. The molecule has 0 aliphatic carbocycles. The fourth-order valence-corrected chi connectivity index (χ4v) is 2.36. The summed E-state index contributed by atoms with van der Waals surface area (Å²) in [6.45, 7) is 2.29. The number of nitrogens with one attached hydrogen (secondary N) is 1. The Bertz CT molecular complexity index is 821. The third-order valence-corrected chi connectivity index (χ3v) is 3.41. The molecule has 2 aromatic heterocycles. The van der Waals surface area contributed by atoms with Gasteiger partial charge in [0.15, 0.2) is 11.7 Å². The molecule has 118 valence electrons. The number of rotatable bonds is 3. The normalized spacial score (nSPS) is 15.4. The highest BCUT2D eigenvalue weighted by Crippen LogP contribution is 2.20. The maximum Gasteiger partial charge on any atom is 0.304 e. The number of hydrogen-bond donors (Lipinski definition) is 3. The first-order valence-electron chi connectivity index (χ1n) is 6.86. The van der Waals surface area contributed by atoms with E-state index in [0.717, 1.165) is 0 Å². The molecule has 0 bridgehead atoms. The molecule has 0 saturated carbocycles. The first-order valence-corrected chi connectivity index (χ1v) is 7.40.